The molecule has 0 saturated carbocycles. The summed E-state index contributed by atoms with van der Waals surface area (Å²) in [6.45, 7) is 5.47. The molecule has 2 atom stereocenters. The summed E-state index contributed by atoms with van der Waals surface area (Å²) >= 11 is 4.47. The summed E-state index contributed by atoms with van der Waals surface area (Å²) < 4.78 is 5.55. The molecule has 1 aliphatic carbocycles. The maximum Gasteiger partial charge on any atom is 0.326 e. The fourth-order valence-corrected chi connectivity index (χ4v) is 6.79. The highest BCUT2D eigenvalue weighted by atomic mass is 32.1. The Morgan fingerprint density at radius 2 is 1.82 bits per heavy atom. The second-order valence-corrected chi connectivity index (χ2v) is 11.2. The molecule has 4 heteroatoms. The SMILES string of the molecule is C=CC[C@@](Cc1ccc(S)cc1)(C(=O)OC)N1Cc2ccc3ccccc3c2C2=c3ccccc3=CCC2C1. The van der Waals surface area contributed by atoms with Crippen LogP contribution in [0.3, 0.4) is 0 Å². The van der Waals surface area contributed by atoms with Crippen LogP contribution in [0.1, 0.15) is 29.5 Å². The van der Waals surface area contributed by atoms with E-state index in [0.29, 0.717) is 19.4 Å². The number of nitrogens with zero attached hydrogens (tertiary/aromatic N) is 1. The minimum absolute atomic E-state index is 0.219. The van der Waals surface area contributed by atoms with Crippen molar-refractivity contribution in [2.24, 2.45) is 5.92 Å². The van der Waals surface area contributed by atoms with Gasteiger partial charge < -0.3 is 4.74 Å². The normalized spacial score (nSPS) is 18.1. The van der Waals surface area contributed by atoms with E-state index in [1.807, 2.05) is 18.2 Å². The smallest absolute Gasteiger partial charge is 0.326 e. The van der Waals surface area contributed by atoms with Crippen LogP contribution in [-0.2, 0) is 22.5 Å². The summed E-state index contributed by atoms with van der Waals surface area (Å²) in [6, 6.07) is 29.9. The zero-order valence-corrected chi connectivity index (χ0v) is 23.2. The summed E-state index contributed by atoms with van der Waals surface area (Å²) in [5.74, 6) is 0.0175. The molecule has 4 aromatic carbocycles. The van der Waals surface area contributed by atoms with Crippen molar-refractivity contribution in [2.45, 2.75) is 36.2 Å². The summed E-state index contributed by atoms with van der Waals surface area (Å²) in [7, 11) is 1.50. The van der Waals surface area contributed by atoms with Gasteiger partial charge in [-0.2, -0.15) is 0 Å². The maximum atomic E-state index is 13.8. The third-order valence-electron chi connectivity index (χ3n) is 8.45. The first-order chi connectivity index (χ1) is 19.0. The molecule has 0 spiro atoms. The topological polar surface area (TPSA) is 29.5 Å². The Kier molecular flexibility index (Phi) is 6.92. The number of ether oxygens (including phenoxy) is 1. The number of methoxy groups -OCH3 is 1. The molecule has 4 aromatic rings. The third kappa shape index (κ3) is 4.52. The van der Waals surface area contributed by atoms with Crippen LogP contribution in [0, 0.1) is 5.92 Å². The number of thiol groups is 1. The lowest BCUT2D eigenvalue weighted by molar-refractivity contribution is -0.156. The monoisotopic (exact) mass is 531 g/mol. The van der Waals surface area contributed by atoms with Crippen molar-refractivity contribution in [3.05, 3.63) is 125 Å². The Morgan fingerprint density at radius 3 is 2.62 bits per heavy atom. The van der Waals surface area contributed by atoms with E-state index in [1.54, 1.807) is 0 Å². The first kappa shape index (κ1) is 25.7. The molecular weight excluding hydrogens is 498 g/mol. The van der Waals surface area contributed by atoms with Crippen LogP contribution in [0.4, 0.5) is 0 Å². The Morgan fingerprint density at radius 1 is 1.05 bits per heavy atom. The van der Waals surface area contributed by atoms with Crippen molar-refractivity contribution in [3.8, 4) is 0 Å². The molecule has 0 radical (unpaired) electrons. The molecule has 2 aliphatic rings. The molecule has 0 aromatic heterocycles. The summed E-state index contributed by atoms with van der Waals surface area (Å²) in [4.78, 5) is 17.1. The molecule has 0 amide bonds. The van der Waals surface area contributed by atoms with Crippen LogP contribution in [-0.4, -0.2) is 30.1 Å². The average molecular weight is 532 g/mol. The van der Waals surface area contributed by atoms with Gasteiger partial charge in [0.15, 0.2) is 0 Å². The Labute approximate surface area is 235 Å². The predicted octanol–water partition coefficient (Wildman–Crippen LogP) is 5.67. The van der Waals surface area contributed by atoms with Gasteiger partial charge in [-0.3, -0.25) is 9.69 Å². The largest absolute Gasteiger partial charge is 0.468 e. The van der Waals surface area contributed by atoms with Gasteiger partial charge in [0.25, 0.3) is 0 Å². The van der Waals surface area contributed by atoms with E-state index in [9.17, 15) is 4.79 Å². The van der Waals surface area contributed by atoms with Crippen LogP contribution in [0.15, 0.2) is 102 Å². The number of benzene rings is 4. The Hall–Kier alpha value is -3.60. The van der Waals surface area contributed by atoms with Crippen molar-refractivity contribution >= 4 is 41.0 Å². The lowest BCUT2D eigenvalue weighted by Gasteiger charge is -2.42. The Bertz CT molecular complexity index is 1690. The van der Waals surface area contributed by atoms with E-state index in [-0.39, 0.29) is 11.9 Å². The van der Waals surface area contributed by atoms with E-state index in [2.05, 4.69) is 103 Å². The van der Waals surface area contributed by atoms with Crippen LogP contribution >= 0.6 is 12.6 Å². The lowest BCUT2D eigenvalue weighted by Crippen LogP contribution is -2.57. The molecule has 0 N–H and O–H groups in total. The molecule has 1 aliphatic heterocycles. The van der Waals surface area contributed by atoms with E-state index in [0.717, 1.165) is 23.4 Å². The molecule has 1 unspecified atom stereocenters. The quantitative estimate of drug-likeness (QED) is 0.197. The van der Waals surface area contributed by atoms with Gasteiger partial charge >= 0.3 is 5.97 Å². The molecule has 196 valence electrons. The van der Waals surface area contributed by atoms with Gasteiger partial charge in [-0.25, -0.2) is 0 Å². The molecule has 0 saturated heterocycles. The molecule has 1 heterocycles. The third-order valence-corrected chi connectivity index (χ3v) is 8.75. The van der Waals surface area contributed by atoms with Crippen molar-refractivity contribution in [1.82, 2.24) is 4.90 Å². The zero-order chi connectivity index (χ0) is 27.0. The number of carbonyl (C=O) groups excluding carboxylic acids is 1. The van der Waals surface area contributed by atoms with Gasteiger partial charge in [-0.15, -0.1) is 19.2 Å². The van der Waals surface area contributed by atoms with Gasteiger partial charge in [-0.1, -0.05) is 84.9 Å². The molecule has 6 rings (SSSR count). The summed E-state index contributed by atoms with van der Waals surface area (Å²) in [6.07, 6.45) is 6.17. The zero-order valence-electron chi connectivity index (χ0n) is 22.3. The van der Waals surface area contributed by atoms with Gasteiger partial charge in [0.2, 0.25) is 0 Å². The maximum absolute atomic E-state index is 13.8. The van der Waals surface area contributed by atoms with E-state index in [4.69, 9.17) is 4.74 Å². The molecule has 0 bridgehead atoms. The molecule has 39 heavy (non-hydrogen) atoms. The average Bonchev–Trinajstić information content (AvgIpc) is 3.15. The van der Waals surface area contributed by atoms with Gasteiger partial charge in [0.05, 0.1) is 7.11 Å². The van der Waals surface area contributed by atoms with E-state index in [1.165, 1.54) is 45.0 Å². The Balaban J connectivity index is 1.59. The molecule has 3 nitrogen and oxygen atoms in total. The van der Waals surface area contributed by atoms with Gasteiger partial charge in [0, 0.05) is 30.3 Å². The number of esters is 1. The highest BCUT2D eigenvalue weighted by Crippen LogP contribution is 2.41. The van der Waals surface area contributed by atoms with Crippen LogP contribution in [0.5, 0.6) is 0 Å². The minimum atomic E-state index is -0.885. The summed E-state index contributed by atoms with van der Waals surface area (Å²) in [5, 5.41) is 5.09. The first-order valence-electron chi connectivity index (χ1n) is 13.6. The predicted molar refractivity (Wildman–Crippen MR) is 162 cm³/mol. The van der Waals surface area contributed by atoms with Crippen LogP contribution in [0.2, 0.25) is 0 Å². The first-order valence-corrected chi connectivity index (χ1v) is 14.0. The highest BCUT2D eigenvalue weighted by molar-refractivity contribution is 7.80. The summed E-state index contributed by atoms with van der Waals surface area (Å²) in [5.41, 5.74) is 4.14. The van der Waals surface area contributed by atoms with Crippen molar-refractivity contribution < 1.29 is 9.53 Å². The minimum Gasteiger partial charge on any atom is -0.468 e. The number of hydrogen-bond acceptors (Lipinski definition) is 4. The lowest BCUT2D eigenvalue weighted by atomic mass is 9.81. The van der Waals surface area contributed by atoms with E-state index >= 15 is 0 Å². The van der Waals surface area contributed by atoms with E-state index < -0.39 is 5.54 Å². The van der Waals surface area contributed by atoms with Crippen molar-refractivity contribution in [1.29, 1.82) is 0 Å². The van der Waals surface area contributed by atoms with Crippen molar-refractivity contribution in [2.75, 3.05) is 13.7 Å². The number of fused-ring (bicyclic) bond motifs is 6. The fraction of sp³-hybridized carbons (Fsp3) is 0.229. The fourth-order valence-electron chi connectivity index (χ4n) is 6.64. The van der Waals surface area contributed by atoms with Crippen LogP contribution < -0.4 is 10.4 Å². The number of hydrogen-bond donors (Lipinski definition) is 1. The van der Waals surface area contributed by atoms with Gasteiger partial charge in [-0.05, 0) is 68.4 Å². The highest BCUT2D eigenvalue weighted by Gasteiger charge is 2.46. The van der Waals surface area contributed by atoms with Gasteiger partial charge in [0.1, 0.15) is 5.54 Å². The second kappa shape index (κ2) is 10.5. The number of carbonyl (C=O) groups is 1. The second-order valence-electron chi connectivity index (χ2n) is 10.7. The number of rotatable bonds is 6. The molecular formula is C35H33NO2S. The van der Waals surface area contributed by atoms with Crippen LogP contribution in [0.25, 0.3) is 22.4 Å². The molecule has 0 fully saturated rings. The van der Waals surface area contributed by atoms with Crippen molar-refractivity contribution in [3.63, 3.8) is 0 Å². The standard InChI is InChI=1S/C35H33NO2S/c1-3-20-35(34(37)38-2,21-24-12-18-29(39)19-13-24)36-22-27-16-14-25-8-4-6-10-30(25)32(27)33-28(23-36)17-15-26-9-5-7-11-31(26)33/h3-16,18-19,28,39H,1,17,20-23H2,2H3/t28?,35-/m1/s1.